The molecule has 59 valence electrons. The molecule has 0 atom stereocenters. The van der Waals surface area contributed by atoms with Crippen molar-refractivity contribution in [3.63, 3.8) is 0 Å². The third-order valence-corrected chi connectivity index (χ3v) is 0.814. The van der Waals surface area contributed by atoms with Gasteiger partial charge in [-0.25, -0.2) is 0 Å². The van der Waals surface area contributed by atoms with E-state index in [0.29, 0.717) is 0 Å². The molecule has 0 amide bonds. The Bertz CT molecular complexity index is 94.7. The molecule has 1 radical (unpaired) electrons. The molecule has 0 fully saturated rings. The van der Waals surface area contributed by atoms with E-state index in [0.717, 1.165) is 0 Å². The fourth-order valence-corrected chi connectivity index (χ4v) is 0.510. The molecular formula is C5H7Cl4Zr. The van der Waals surface area contributed by atoms with E-state index in [-0.39, 0.29) is 0 Å². The van der Waals surface area contributed by atoms with Crippen molar-refractivity contribution in [2.24, 2.45) is 0 Å². The van der Waals surface area contributed by atoms with Crippen LogP contribution in [0.5, 0.6) is 0 Å². The Morgan fingerprint density at radius 2 is 1.70 bits per heavy atom. The van der Waals surface area contributed by atoms with Crippen LogP contribution in [0.1, 0.15) is 19.3 Å². The third-order valence-electron chi connectivity index (χ3n) is 0.814. The molecule has 0 heterocycles. The van der Waals surface area contributed by atoms with Gasteiger partial charge in [-0.2, -0.15) is 0 Å². The number of allylic oxidation sites excluding steroid dienone is 2. The van der Waals surface area contributed by atoms with Crippen LogP contribution in [0.4, 0.5) is 0 Å². The summed E-state index contributed by atoms with van der Waals surface area (Å²) in [6.07, 6.45) is 9.00. The van der Waals surface area contributed by atoms with Crippen molar-refractivity contribution in [2.75, 3.05) is 0 Å². The van der Waals surface area contributed by atoms with Gasteiger partial charge in [0.05, 0.1) is 0 Å². The standard InChI is InChI=1S/C5H7.4ClH.Zr/c1-2-4-5-3-1;;;;;/h1H,2,4-5H2;4*1H;/q;;;;;+4/p-4. The van der Waals surface area contributed by atoms with Crippen LogP contribution in [-0.2, 0) is 15.5 Å². The summed E-state index contributed by atoms with van der Waals surface area (Å²) in [5.74, 6) is 0. The van der Waals surface area contributed by atoms with Crippen LogP contribution in [-0.4, -0.2) is 0 Å². The average Bonchev–Trinajstić information content (AvgIpc) is 2.07. The minimum atomic E-state index is -3.29. The van der Waals surface area contributed by atoms with Gasteiger partial charge in [0.25, 0.3) is 0 Å². The molecule has 1 aliphatic rings. The summed E-state index contributed by atoms with van der Waals surface area (Å²) in [6, 6.07) is 0. The molecule has 0 aromatic carbocycles. The van der Waals surface area contributed by atoms with E-state index >= 15 is 0 Å². The molecule has 0 saturated heterocycles. The topological polar surface area (TPSA) is 0 Å². The van der Waals surface area contributed by atoms with Crippen LogP contribution in [0, 0.1) is 6.08 Å². The van der Waals surface area contributed by atoms with Gasteiger partial charge in [-0.05, 0) is 25.3 Å². The molecule has 0 nitrogen and oxygen atoms in total. The van der Waals surface area contributed by atoms with Gasteiger partial charge in [-0.3, -0.25) is 0 Å². The molecule has 0 spiro atoms. The van der Waals surface area contributed by atoms with Gasteiger partial charge in [-0.15, -0.1) is 0 Å². The van der Waals surface area contributed by atoms with E-state index in [1.165, 1.54) is 19.3 Å². The van der Waals surface area contributed by atoms with Crippen molar-refractivity contribution < 1.29 is 15.5 Å². The van der Waals surface area contributed by atoms with Crippen molar-refractivity contribution >= 4 is 34.1 Å². The second-order valence-corrected chi connectivity index (χ2v) is 24.1. The molecule has 1 aliphatic carbocycles. The molecule has 0 N–H and O–H groups in total. The molecule has 0 aliphatic heterocycles. The van der Waals surface area contributed by atoms with E-state index in [9.17, 15) is 0 Å². The average molecular weight is 300 g/mol. The van der Waals surface area contributed by atoms with Gasteiger partial charge >= 0.3 is 49.5 Å². The Hall–Kier alpha value is 1.78. The summed E-state index contributed by atoms with van der Waals surface area (Å²) in [6.45, 7) is 0. The van der Waals surface area contributed by atoms with Crippen molar-refractivity contribution in [1.82, 2.24) is 0 Å². The Kier molecular flexibility index (Phi) is 7.44. The summed E-state index contributed by atoms with van der Waals surface area (Å²) < 4.78 is 0. The van der Waals surface area contributed by atoms with Gasteiger partial charge in [0, 0.05) is 0 Å². The van der Waals surface area contributed by atoms with Crippen molar-refractivity contribution in [3.05, 3.63) is 12.2 Å². The van der Waals surface area contributed by atoms with Gasteiger partial charge < -0.3 is 0 Å². The first-order valence-electron chi connectivity index (χ1n) is 2.81. The predicted molar refractivity (Wildman–Crippen MR) is 45.1 cm³/mol. The Balaban J connectivity index is 0.000000162. The Morgan fingerprint density at radius 1 is 1.20 bits per heavy atom. The number of rotatable bonds is 0. The quantitative estimate of drug-likeness (QED) is 0.626. The van der Waals surface area contributed by atoms with E-state index in [4.69, 9.17) is 34.1 Å². The molecule has 0 aromatic heterocycles. The van der Waals surface area contributed by atoms with Gasteiger partial charge in [0.15, 0.2) is 0 Å². The predicted octanol–water partition coefficient (Wildman–Crippen LogP) is 4.29. The van der Waals surface area contributed by atoms with E-state index < -0.39 is 15.5 Å². The van der Waals surface area contributed by atoms with Crippen LogP contribution in [0.3, 0.4) is 0 Å². The molecule has 10 heavy (non-hydrogen) atoms. The first-order valence-corrected chi connectivity index (χ1v) is 15.5. The molecule has 0 bridgehead atoms. The zero-order valence-electron chi connectivity index (χ0n) is 5.21. The maximum absolute atomic E-state index is 5.04. The van der Waals surface area contributed by atoms with Gasteiger partial charge in [0.2, 0.25) is 0 Å². The van der Waals surface area contributed by atoms with Crippen LogP contribution >= 0.6 is 34.1 Å². The molecular weight excluding hydrogens is 293 g/mol. The van der Waals surface area contributed by atoms with Crippen LogP contribution in [0.2, 0.25) is 0 Å². The number of halogens is 4. The summed E-state index contributed by atoms with van der Waals surface area (Å²) in [7, 11) is 20.1. The summed E-state index contributed by atoms with van der Waals surface area (Å²) >= 11 is -3.29. The second-order valence-electron chi connectivity index (χ2n) is 1.73. The third kappa shape index (κ3) is 16.4. The molecule has 0 aromatic rings. The van der Waals surface area contributed by atoms with Crippen LogP contribution in [0.25, 0.3) is 0 Å². The maximum atomic E-state index is 5.04. The SMILES string of the molecule is [C]1=CCCC1.[Cl][Zr]([Cl])([Cl])[Cl]. The summed E-state index contributed by atoms with van der Waals surface area (Å²) in [5.41, 5.74) is 0. The van der Waals surface area contributed by atoms with Gasteiger partial charge in [-0.1, -0.05) is 6.08 Å². The van der Waals surface area contributed by atoms with Crippen LogP contribution in [0.15, 0.2) is 6.08 Å². The van der Waals surface area contributed by atoms with Crippen molar-refractivity contribution in [2.45, 2.75) is 19.3 Å². The molecule has 0 saturated carbocycles. The van der Waals surface area contributed by atoms with Crippen molar-refractivity contribution in [1.29, 1.82) is 0 Å². The Morgan fingerprint density at radius 3 is 1.80 bits per heavy atom. The van der Waals surface area contributed by atoms with Gasteiger partial charge in [0.1, 0.15) is 0 Å². The fourth-order valence-electron chi connectivity index (χ4n) is 0.510. The zero-order valence-corrected chi connectivity index (χ0v) is 10.7. The summed E-state index contributed by atoms with van der Waals surface area (Å²) in [5, 5.41) is 0. The van der Waals surface area contributed by atoms with E-state index in [1.54, 1.807) is 0 Å². The van der Waals surface area contributed by atoms with Crippen molar-refractivity contribution in [3.8, 4) is 0 Å². The first kappa shape index (κ1) is 11.8. The second kappa shape index (κ2) is 6.32. The molecule has 0 unspecified atom stereocenters. The number of hydrogen-bond acceptors (Lipinski definition) is 0. The van der Waals surface area contributed by atoms with E-state index in [2.05, 4.69) is 12.2 Å². The first-order chi connectivity index (χ1) is 4.50. The normalized spacial score (nSPS) is 16.4. The monoisotopic (exact) mass is 297 g/mol. The fraction of sp³-hybridized carbons (Fsp3) is 0.600. The molecule has 1 rings (SSSR count). The van der Waals surface area contributed by atoms with E-state index in [1.807, 2.05) is 0 Å². The zero-order chi connectivity index (χ0) is 8.04. The summed E-state index contributed by atoms with van der Waals surface area (Å²) in [4.78, 5) is 0. The Labute approximate surface area is 80.1 Å². The minimum absolute atomic E-state index is 1.19. The number of hydrogen-bond donors (Lipinski definition) is 0. The van der Waals surface area contributed by atoms with Crippen LogP contribution < -0.4 is 0 Å². The molecule has 5 heteroatoms.